The lowest BCUT2D eigenvalue weighted by Gasteiger charge is -2.48. The van der Waals surface area contributed by atoms with Gasteiger partial charge in [-0.2, -0.15) is 4.98 Å². The van der Waals surface area contributed by atoms with E-state index in [1.54, 1.807) is 24.1 Å². The molecule has 31 heavy (non-hydrogen) atoms. The molecular weight excluding hydrogens is 420 g/mol. The van der Waals surface area contributed by atoms with Crippen molar-refractivity contribution in [3.8, 4) is 17.0 Å². The lowest BCUT2D eigenvalue weighted by Crippen LogP contribution is -2.57. The Morgan fingerprint density at radius 1 is 1.26 bits per heavy atom. The number of aromatic carboxylic acids is 1. The summed E-state index contributed by atoms with van der Waals surface area (Å²) < 4.78 is 5.55. The van der Waals surface area contributed by atoms with E-state index >= 15 is 0 Å². The van der Waals surface area contributed by atoms with Crippen LogP contribution in [0.2, 0.25) is 5.02 Å². The topological polar surface area (TPSA) is 98.8 Å². The van der Waals surface area contributed by atoms with Crippen LogP contribution >= 0.6 is 11.6 Å². The number of aromatic amines is 1. The summed E-state index contributed by atoms with van der Waals surface area (Å²) in [6.45, 7) is 2.32. The molecule has 0 saturated carbocycles. The number of fused-ring (bicyclic) bond motifs is 1. The van der Waals surface area contributed by atoms with Crippen molar-refractivity contribution < 1.29 is 19.4 Å². The van der Waals surface area contributed by atoms with Crippen LogP contribution in [0.15, 0.2) is 30.5 Å². The van der Waals surface area contributed by atoms with Gasteiger partial charge in [-0.3, -0.25) is 4.79 Å². The number of anilines is 1. The Kier molecular flexibility index (Phi) is 4.37. The highest BCUT2D eigenvalue weighted by molar-refractivity contribution is 6.34. The maximum atomic E-state index is 11.9. The number of rotatable bonds is 4. The molecule has 2 N–H and O–H groups in total. The summed E-state index contributed by atoms with van der Waals surface area (Å²) in [6.07, 6.45) is 2.03. The zero-order valence-electron chi connectivity index (χ0n) is 17.1. The predicted octanol–water partition coefficient (Wildman–Crippen LogP) is 3.26. The number of hydrogen-bond donors (Lipinski definition) is 2. The van der Waals surface area contributed by atoms with Crippen LogP contribution in [-0.4, -0.2) is 65.6 Å². The zero-order chi connectivity index (χ0) is 21.9. The predicted molar refractivity (Wildman–Crippen MR) is 117 cm³/mol. The van der Waals surface area contributed by atoms with Gasteiger partial charge in [0.25, 0.3) is 0 Å². The number of pyridine rings is 1. The summed E-state index contributed by atoms with van der Waals surface area (Å²) in [6, 6.07) is 7.24. The van der Waals surface area contributed by atoms with E-state index in [0.29, 0.717) is 39.4 Å². The Bertz CT molecular complexity index is 1230. The third-order valence-electron chi connectivity index (χ3n) is 6.23. The number of benzene rings is 1. The molecule has 0 unspecified atom stereocenters. The van der Waals surface area contributed by atoms with Crippen molar-refractivity contribution in [1.29, 1.82) is 0 Å². The number of aromatic nitrogens is 2. The van der Waals surface area contributed by atoms with Crippen LogP contribution < -0.4 is 9.64 Å². The van der Waals surface area contributed by atoms with Gasteiger partial charge in [-0.15, -0.1) is 0 Å². The van der Waals surface area contributed by atoms with E-state index in [1.807, 2.05) is 19.2 Å². The molecule has 2 saturated heterocycles. The number of carboxylic acids is 1. The number of halogens is 1. The van der Waals surface area contributed by atoms with Crippen molar-refractivity contribution in [3.05, 3.63) is 41.0 Å². The van der Waals surface area contributed by atoms with Crippen LogP contribution in [0.3, 0.4) is 0 Å². The SMILES string of the molecule is COc1nc(N2CC3(CC(=O)N(C)C3)C2)ccc1-c1cc2c(C(=O)O)c[nH]c2cc1Cl. The number of nitrogens with zero attached hydrogens (tertiary/aromatic N) is 3. The van der Waals surface area contributed by atoms with Crippen molar-refractivity contribution >= 4 is 40.2 Å². The summed E-state index contributed by atoms with van der Waals surface area (Å²) in [5, 5.41) is 10.5. The van der Waals surface area contributed by atoms with Crippen molar-refractivity contribution in [3.63, 3.8) is 0 Å². The van der Waals surface area contributed by atoms with E-state index in [2.05, 4.69) is 14.9 Å². The van der Waals surface area contributed by atoms with Gasteiger partial charge in [-0.05, 0) is 24.3 Å². The van der Waals surface area contributed by atoms with Crippen LogP contribution in [0, 0.1) is 5.41 Å². The van der Waals surface area contributed by atoms with Gasteiger partial charge >= 0.3 is 5.97 Å². The summed E-state index contributed by atoms with van der Waals surface area (Å²) >= 11 is 6.51. The second kappa shape index (κ2) is 6.88. The summed E-state index contributed by atoms with van der Waals surface area (Å²) in [5.41, 5.74) is 2.17. The maximum Gasteiger partial charge on any atom is 0.337 e. The molecule has 0 atom stereocenters. The van der Waals surface area contributed by atoms with Gasteiger partial charge in [0.15, 0.2) is 0 Å². The largest absolute Gasteiger partial charge is 0.480 e. The number of amides is 1. The molecule has 2 fully saturated rings. The van der Waals surface area contributed by atoms with Crippen LogP contribution in [0.5, 0.6) is 5.88 Å². The fourth-order valence-electron chi connectivity index (χ4n) is 4.73. The Balaban J connectivity index is 1.48. The molecule has 9 heteroatoms. The molecule has 0 aliphatic carbocycles. The first-order valence-corrected chi connectivity index (χ1v) is 10.3. The molecule has 1 amide bonds. The minimum atomic E-state index is -1.01. The monoisotopic (exact) mass is 440 g/mol. The van der Waals surface area contributed by atoms with Crippen molar-refractivity contribution in [2.24, 2.45) is 5.41 Å². The standard InChI is InChI=1S/C22H21ClN4O4/c1-26-9-22(7-19(26)28)10-27(11-22)18-4-3-12(20(25-18)31-2)13-5-14-15(21(29)30)8-24-17(14)6-16(13)23/h3-6,8,24H,7,9-11H2,1-2H3,(H,29,30). The van der Waals surface area contributed by atoms with E-state index in [4.69, 9.17) is 16.3 Å². The maximum absolute atomic E-state index is 11.9. The first-order chi connectivity index (χ1) is 14.8. The van der Waals surface area contributed by atoms with Gasteiger partial charge < -0.3 is 24.6 Å². The number of carbonyl (C=O) groups excluding carboxylic acids is 1. The van der Waals surface area contributed by atoms with Gasteiger partial charge in [0.1, 0.15) is 5.82 Å². The number of nitrogens with one attached hydrogen (secondary N) is 1. The highest BCUT2D eigenvalue weighted by Crippen LogP contribution is 2.43. The van der Waals surface area contributed by atoms with Crippen LogP contribution in [0.1, 0.15) is 16.8 Å². The van der Waals surface area contributed by atoms with Gasteiger partial charge in [-0.1, -0.05) is 11.6 Å². The summed E-state index contributed by atoms with van der Waals surface area (Å²) in [7, 11) is 3.39. The molecule has 2 aliphatic heterocycles. The smallest absolute Gasteiger partial charge is 0.337 e. The van der Waals surface area contributed by atoms with Gasteiger partial charge in [0, 0.05) is 66.7 Å². The lowest BCUT2D eigenvalue weighted by molar-refractivity contribution is -0.126. The van der Waals surface area contributed by atoms with Gasteiger partial charge in [0.2, 0.25) is 11.8 Å². The minimum absolute atomic E-state index is 0.00921. The first kappa shape index (κ1) is 19.7. The number of H-pyrrole nitrogens is 1. The Morgan fingerprint density at radius 2 is 2.03 bits per heavy atom. The molecule has 0 bridgehead atoms. The molecule has 160 valence electrons. The fraction of sp³-hybridized carbons (Fsp3) is 0.318. The zero-order valence-corrected chi connectivity index (χ0v) is 17.9. The van der Waals surface area contributed by atoms with Crippen molar-refractivity contribution in [2.45, 2.75) is 6.42 Å². The van der Waals surface area contributed by atoms with Crippen LogP contribution in [0.4, 0.5) is 5.82 Å². The lowest BCUT2D eigenvalue weighted by atomic mass is 9.79. The molecular formula is C22H21ClN4O4. The third-order valence-corrected chi connectivity index (χ3v) is 6.54. The third kappa shape index (κ3) is 3.09. The second-order valence-electron chi connectivity index (χ2n) is 8.39. The van der Waals surface area contributed by atoms with Gasteiger partial charge in [-0.25, -0.2) is 4.79 Å². The average Bonchev–Trinajstić information content (AvgIpc) is 3.26. The molecule has 1 spiro atoms. The van der Waals surface area contributed by atoms with E-state index < -0.39 is 5.97 Å². The summed E-state index contributed by atoms with van der Waals surface area (Å²) in [4.78, 5) is 35.0. The second-order valence-corrected chi connectivity index (χ2v) is 8.80. The van der Waals surface area contributed by atoms with Crippen LogP contribution in [-0.2, 0) is 4.79 Å². The van der Waals surface area contributed by atoms with E-state index in [-0.39, 0.29) is 16.9 Å². The molecule has 2 aliphatic rings. The van der Waals surface area contributed by atoms with Crippen molar-refractivity contribution in [2.75, 3.05) is 38.7 Å². The molecule has 2 aromatic heterocycles. The first-order valence-electron chi connectivity index (χ1n) is 9.88. The van der Waals surface area contributed by atoms with Crippen molar-refractivity contribution in [1.82, 2.24) is 14.9 Å². The fourth-order valence-corrected chi connectivity index (χ4v) is 5.00. The Morgan fingerprint density at radius 3 is 2.68 bits per heavy atom. The Labute approximate surface area is 183 Å². The highest BCUT2D eigenvalue weighted by atomic mass is 35.5. The quantitative estimate of drug-likeness (QED) is 0.646. The molecule has 3 aromatic rings. The highest BCUT2D eigenvalue weighted by Gasteiger charge is 2.50. The minimum Gasteiger partial charge on any atom is -0.480 e. The average molecular weight is 441 g/mol. The molecule has 4 heterocycles. The Hall–Kier alpha value is -3.26. The number of ether oxygens (including phenoxy) is 1. The molecule has 1 aromatic carbocycles. The van der Waals surface area contributed by atoms with E-state index in [9.17, 15) is 14.7 Å². The number of methoxy groups -OCH3 is 1. The van der Waals surface area contributed by atoms with Crippen LogP contribution in [0.25, 0.3) is 22.0 Å². The molecule has 5 rings (SSSR count). The molecule has 0 radical (unpaired) electrons. The number of likely N-dealkylation sites (tertiary alicyclic amines) is 1. The number of hydrogen-bond acceptors (Lipinski definition) is 5. The normalized spacial score (nSPS) is 17.5. The summed E-state index contributed by atoms with van der Waals surface area (Å²) in [5.74, 6) is 0.365. The number of carbonyl (C=O) groups is 2. The number of carboxylic acid groups (broad SMARTS) is 1. The molecule has 8 nitrogen and oxygen atoms in total. The van der Waals surface area contributed by atoms with E-state index in [1.165, 1.54) is 6.20 Å². The van der Waals surface area contributed by atoms with Gasteiger partial charge in [0.05, 0.1) is 17.7 Å². The van der Waals surface area contributed by atoms with E-state index in [0.717, 1.165) is 25.5 Å².